The third-order valence-electron chi connectivity index (χ3n) is 2.45. The minimum Gasteiger partial charge on any atom is -0.481 e. The molecule has 0 saturated carbocycles. The van der Waals surface area contributed by atoms with Crippen molar-refractivity contribution in [1.29, 1.82) is 0 Å². The molecule has 0 amide bonds. The van der Waals surface area contributed by atoms with Crippen molar-refractivity contribution >= 4 is 17.5 Å². The number of carboxylic acid groups (broad SMARTS) is 1. The highest BCUT2D eigenvalue weighted by Crippen LogP contribution is 2.28. The molecule has 0 aliphatic heterocycles. The Morgan fingerprint density at radius 3 is 2.65 bits per heavy atom. The van der Waals surface area contributed by atoms with Gasteiger partial charge in [-0.05, 0) is 5.92 Å². The van der Waals surface area contributed by atoms with E-state index in [0.717, 1.165) is 0 Å². The Balaban J connectivity index is 3.27. The summed E-state index contributed by atoms with van der Waals surface area (Å²) in [5.41, 5.74) is -0.243. The van der Waals surface area contributed by atoms with Crippen LogP contribution in [0.25, 0.3) is 0 Å². The fourth-order valence-electron chi connectivity index (χ4n) is 1.74. The molecule has 0 atom stereocenters. The second-order valence-electron chi connectivity index (χ2n) is 4.62. The zero-order chi connectivity index (χ0) is 15.3. The number of methoxy groups -OCH3 is 1. The number of carboxylic acids is 1. The molecule has 0 saturated heterocycles. The van der Waals surface area contributed by atoms with Gasteiger partial charge in [0.1, 0.15) is 6.54 Å². The molecule has 1 rings (SSSR count). The predicted molar refractivity (Wildman–Crippen MR) is 72.1 cm³/mol. The van der Waals surface area contributed by atoms with Crippen LogP contribution in [0.3, 0.4) is 0 Å². The SMILES string of the molecule is COc1ccc([N+](=O)[O-])c(N(CC(=O)O)CC(C)C)n1. The number of nitro groups is 1. The van der Waals surface area contributed by atoms with Gasteiger partial charge in [-0.1, -0.05) is 13.8 Å². The molecular weight excluding hydrogens is 266 g/mol. The fourth-order valence-corrected chi connectivity index (χ4v) is 1.74. The quantitative estimate of drug-likeness (QED) is 0.597. The van der Waals surface area contributed by atoms with E-state index >= 15 is 0 Å². The van der Waals surface area contributed by atoms with E-state index in [0.29, 0.717) is 6.54 Å². The molecule has 1 aromatic heterocycles. The van der Waals surface area contributed by atoms with Gasteiger partial charge in [-0.25, -0.2) is 0 Å². The second-order valence-corrected chi connectivity index (χ2v) is 4.62. The molecule has 0 unspecified atom stereocenters. The van der Waals surface area contributed by atoms with E-state index in [-0.39, 0.29) is 29.8 Å². The van der Waals surface area contributed by atoms with Crippen LogP contribution in [0.5, 0.6) is 5.88 Å². The zero-order valence-corrected chi connectivity index (χ0v) is 11.6. The van der Waals surface area contributed by atoms with Crippen molar-refractivity contribution in [2.45, 2.75) is 13.8 Å². The van der Waals surface area contributed by atoms with Crippen LogP contribution in [-0.4, -0.2) is 41.2 Å². The predicted octanol–water partition coefficient (Wildman–Crippen LogP) is 1.55. The lowest BCUT2D eigenvalue weighted by molar-refractivity contribution is -0.384. The molecule has 0 bridgehead atoms. The summed E-state index contributed by atoms with van der Waals surface area (Å²) in [6, 6.07) is 2.63. The molecule has 20 heavy (non-hydrogen) atoms. The van der Waals surface area contributed by atoms with E-state index in [2.05, 4.69) is 4.98 Å². The summed E-state index contributed by atoms with van der Waals surface area (Å²) in [5, 5.41) is 20.0. The molecule has 8 heteroatoms. The first-order valence-corrected chi connectivity index (χ1v) is 6.01. The Morgan fingerprint density at radius 1 is 1.55 bits per heavy atom. The molecule has 110 valence electrons. The lowest BCUT2D eigenvalue weighted by Gasteiger charge is -2.23. The largest absolute Gasteiger partial charge is 0.481 e. The van der Waals surface area contributed by atoms with Gasteiger partial charge in [0.05, 0.1) is 12.0 Å². The molecule has 1 N–H and O–H groups in total. The van der Waals surface area contributed by atoms with Crippen molar-refractivity contribution in [2.75, 3.05) is 25.1 Å². The van der Waals surface area contributed by atoms with Crippen LogP contribution in [-0.2, 0) is 4.79 Å². The number of aliphatic carboxylic acids is 1. The Morgan fingerprint density at radius 2 is 2.20 bits per heavy atom. The number of aromatic nitrogens is 1. The number of hydrogen-bond acceptors (Lipinski definition) is 6. The van der Waals surface area contributed by atoms with Crippen molar-refractivity contribution in [3.05, 3.63) is 22.2 Å². The van der Waals surface area contributed by atoms with Gasteiger partial charge >= 0.3 is 11.7 Å². The van der Waals surface area contributed by atoms with Crippen molar-refractivity contribution in [2.24, 2.45) is 5.92 Å². The molecule has 0 fully saturated rings. The average Bonchev–Trinajstić information content (AvgIpc) is 2.36. The molecule has 1 aromatic rings. The van der Waals surface area contributed by atoms with Crippen LogP contribution in [0, 0.1) is 16.0 Å². The summed E-state index contributed by atoms with van der Waals surface area (Å²) >= 11 is 0. The van der Waals surface area contributed by atoms with Crippen LogP contribution >= 0.6 is 0 Å². The van der Waals surface area contributed by atoms with Gasteiger partial charge in [0.2, 0.25) is 11.7 Å². The highest BCUT2D eigenvalue weighted by Gasteiger charge is 2.24. The van der Waals surface area contributed by atoms with Crippen LogP contribution in [0.4, 0.5) is 11.5 Å². The molecular formula is C12H17N3O5. The van der Waals surface area contributed by atoms with E-state index in [9.17, 15) is 14.9 Å². The van der Waals surface area contributed by atoms with E-state index in [1.54, 1.807) is 0 Å². The standard InChI is InChI=1S/C12H17N3O5/c1-8(2)6-14(7-11(16)17)12-9(15(18)19)4-5-10(13-12)20-3/h4-5,8H,6-7H2,1-3H3,(H,16,17). The number of anilines is 1. The first-order valence-electron chi connectivity index (χ1n) is 6.01. The number of rotatable bonds is 7. The zero-order valence-electron chi connectivity index (χ0n) is 11.6. The summed E-state index contributed by atoms with van der Waals surface area (Å²) in [4.78, 5) is 26.8. The Bertz CT molecular complexity index is 504. The summed E-state index contributed by atoms with van der Waals surface area (Å²) in [5.74, 6) is -0.748. The molecule has 0 spiro atoms. The average molecular weight is 283 g/mol. The maximum atomic E-state index is 11.0. The number of pyridine rings is 1. The van der Waals surface area contributed by atoms with E-state index < -0.39 is 10.9 Å². The molecule has 0 radical (unpaired) electrons. The Kier molecular flexibility index (Phi) is 5.24. The highest BCUT2D eigenvalue weighted by atomic mass is 16.6. The molecule has 0 aromatic carbocycles. The van der Waals surface area contributed by atoms with Crippen molar-refractivity contribution in [1.82, 2.24) is 4.98 Å². The normalized spacial score (nSPS) is 10.4. The van der Waals surface area contributed by atoms with Crippen molar-refractivity contribution in [3.63, 3.8) is 0 Å². The van der Waals surface area contributed by atoms with Crippen molar-refractivity contribution < 1.29 is 19.6 Å². The van der Waals surface area contributed by atoms with Crippen LogP contribution in [0.2, 0.25) is 0 Å². The highest BCUT2D eigenvalue weighted by molar-refractivity contribution is 5.75. The topological polar surface area (TPSA) is 106 Å². The summed E-state index contributed by atoms with van der Waals surface area (Å²) in [6.45, 7) is 3.76. The first-order chi connectivity index (χ1) is 9.35. The summed E-state index contributed by atoms with van der Waals surface area (Å²) < 4.78 is 4.94. The van der Waals surface area contributed by atoms with Gasteiger partial charge in [0.25, 0.3) is 0 Å². The summed E-state index contributed by atoms with van der Waals surface area (Å²) in [7, 11) is 1.39. The van der Waals surface area contributed by atoms with Crippen molar-refractivity contribution in [3.8, 4) is 5.88 Å². The lowest BCUT2D eigenvalue weighted by atomic mass is 10.2. The maximum absolute atomic E-state index is 11.0. The molecule has 0 aliphatic rings. The van der Waals surface area contributed by atoms with Gasteiger partial charge in [-0.3, -0.25) is 14.9 Å². The van der Waals surface area contributed by atoms with Gasteiger partial charge in [-0.2, -0.15) is 4.98 Å². The Labute approximate surface area is 116 Å². The van der Waals surface area contributed by atoms with Crippen LogP contribution in [0.1, 0.15) is 13.8 Å². The second kappa shape index (κ2) is 6.69. The van der Waals surface area contributed by atoms with Crippen LogP contribution in [0.15, 0.2) is 12.1 Å². The number of nitrogens with zero attached hydrogens (tertiary/aromatic N) is 3. The monoisotopic (exact) mass is 283 g/mol. The van der Waals surface area contributed by atoms with E-state index in [1.165, 1.54) is 24.1 Å². The minimum absolute atomic E-state index is 0.00505. The summed E-state index contributed by atoms with van der Waals surface area (Å²) in [6.07, 6.45) is 0. The maximum Gasteiger partial charge on any atom is 0.323 e. The molecule has 8 nitrogen and oxygen atoms in total. The third kappa shape index (κ3) is 4.08. The van der Waals surface area contributed by atoms with Gasteiger partial charge in [-0.15, -0.1) is 0 Å². The minimum atomic E-state index is -1.08. The number of carbonyl (C=O) groups is 1. The molecule has 0 aliphatic carbocycles. The molecule has 1 heterocycles. The van der Waals surface area contributed by atoms with Crippen LogP contribution < -0.4 is 9.64 Å². The van der Waals surface area contributed by atoms with Gasteiger partial charge < -0.3 is 14.7 Å². The third-order valence-corrected chi connectivity index (χ3v) is 2.45. The van der Waals surface area contributed by atoms with E-state index in [4.69, 9.17) is 9.84 Å². The first kappa shape index (κ1) is 15.7. The number of ether oxygens (including phenoxy) is 1. The Hall–Kier alpha value is -2.38. The van der Waals surface area contributed by atoms with Gasteiger partial charge in [0, 0.05) is 18.7 Å². The van der Waals surface area contributed by atoms with E-state index in [1.807, 2.05) is 13.8 Å². The smallest absolute Gasteiger partial charge is 0.323 e. The lowest BCUT2D eigenvalue weighted by Crippen LogP contribution is -2.34. The fraction of sp³-hybridized carbons (Fsp3) is 0.500. The number of hydrogen-bond donors (Lipinski definition) is 1. The van der Waals surface area contributed by atoms with Gasteiger partial charge in [0.15, 0.2) is 0 Å².